The first-order chi connectivity index (χ1) is 9.01. The largest absolute Gasteiger partial charge is 0.394 e. The predicted octanol–water partition coefficient (Wildman–Crippen LogP) is 2.92. The summed E-state index contributed by atoms with van der Waals surface area (Å²) in [6, 6.07) is 13.9. The smallest absolute Gasteiger partial charge is 0.0998 e. The van der Waals surface area contributed by atoms with Gasteiger partial charge < -0.3 is 10.0 Å². The molecule has 0 spiro atoms. The number of fused-ring (bicyclic) bond motifs is 1. The van der Waals surface area contributed by atoms with Crippen LogP contribution in [-0.2, 0) is 0 Å². The highest BCUT2D eigenvalue weighted by atomic mass is 16.3. The fourth-order valence-corrected chi connectivity index (χ4v) is 2.11. The van der Waals surface area contributed by atoms with Gasteiger partial charge in [-0.05, 0) is 26.0 Å². The minimum absolute atomic E-state index is 0.0673. The number of aliphatic hydroxyl groups is 1. The third-order valence-corrected chi connectivity index (χ3v) is 3.68. The number of likely N-dealkylation sites (N-methyl/N-ethyl adjacent to an activating group) is 1. The van der Waals surface area contributed by atoms with E-state index in [4.69, 9.17) is 5.26 Å². The summed E-state index contributed by atoms with van der Waals surface area (Å²) in [5.74, 6) is 0. The molecule has 0 aliphatic carbocycles. The molecule has 0 saturated heterocycles. The summed E-state index contributed by atoms with van der Waals surface area (Å²) >= 11 is 0. The molecule has 2 aromatic rings. The van der Waals surface area contributed by atoms with E-state index in [-0.39, 0.29) is 12.1 Å². The molecular formula is C16H18N2O. The summed E-state index contributed by atoms with van der Waals surface area (Å²) in [5, 5.41) is 20.7. The van der Waals surface area contributed by atoms with Crippen LogP contribution in [0, 0.1) is 11.3 Å². The summed E-state index contributed by atoms with van der Waals surface area (Å²) in [5.41, 5.74) is 1.35. The SMILES string of the molecule is CN(c1ccc(C#N)c2ccccc12)C(C)(C)CO. The van der Waals surface area contributed by atoms with Crippen LogP contribution in [0.5, 0.6) is 0 Å². The first kappa shape index (κ1) is 13.4. The van der Waals surface area contributed by atoms with Gasteiger partial charge in [-0.1, -0.05) is 24.3 Å². The second kappa shape index (κ2) is 4.91. The number of rotatable bonds is 3. The van der Waals surface area contributed by atoms with Gasteiger partial charge in [0.15, 0.2) is 0 Å². The summed E-state index contributed by atoms with van der Waals surface area (Å²) in [4.78, 5) is 2.05. The Morgan fingerprint density at radius 3 is 2.37 bits per heavy atom. The minimum Gasteiger partial charge on any atom is -0.394 e. The molecule has 19 heavy (non-hydrogen) atoms. The van der Waals surface area contributed by atoms with E-state index in [1.54, 1.807) is 0 Å². The zero-order valence-corrected chi connectivity index (χ0v) is 11.5. The molecule has 0 unspecified atom stereocenters. The van der Waals surface area contributed by atoms with Gasteiger partial charge in [0.2, 0.25) is 0 Å². The second-order valence-corrected chi connectivity index (χ2v) is 5.32. The molecule has 3 nitrogen and oxygen atoms in total. The van der Waals surface area contributed by atoms with Crippen molar-refractivity contribution in [2.45, 2.75) is 19.4 Å². The Morgan fingerprint density at radius 1 is 1.16 bits per heavy atom. The Labute approximate surface area is 113 Å². The lowest BCUT2D eigenvalue weighted by atomic mass is 9.99. The van der Waals surface area contributed by atoms with Crippen molar-refractivity contribution in [2.24, 2.45) is 0 Å². The molecule has 0 aliphatic rings. The molecular weight excluding hydrogens is 236 g/mol. The van der Waals surface area contributed by atoms with Gasteiger partial charge in [-0.2, -0.15) is 5.26 Å². The van der Waals surface area contributed by atoms with Crippen LogP contribution in [0.4, 0.5) is 5.69 Å². The zero-order chi connectivity index (χ0) is 14.0. The summed E-state index contributed by atoms with van der Waals surface area (Å²) in [7, 11) is 1.96. The van der Waals surface area contributed by atoms with Crippen LogP contribution in [0.2, 0.25) is 0 Å². The van der Waals surface area contributed by atoms with Crippen molar-refractivity contribution < 1.29 is 5.11 Å². The molecule has 1 N–H and O–H groups in total. The summed E-state index contributed by atoms with van der Waals surface area (Å²) < 4.78 is 0. The maximum Gasteiger partial charge on any atom is 0.0998 e. The number of nitrogens with zero attached hydrogens (tertiary/aromatic N) is 2. The van der Waals surface area contributed by atoms with Crippen LogP contribution in [0.1, 0.15) is 19.4 Å². The van der Waals surface area contributed by atoms with Crippen molar-refractivity contribution in [1.29, 1.82) is 5.26 Å². The van der Waals surface area contributed by atoms with E-state index >= 15 is 0 Å². The van der Waals surface area contributed by atoms with E-state index in [2.05, 4.69) is 11.0 Å². The van der Waals surface area contributed by atoms with Gasteiger partial charge in [-0.3, -0.25) is 0 Å². The molecule has 0 atom stereocenters. The fourth-order valence-electron chi connectivity index (χ4n) is 2.11. The van der Waals surface area contributed by atoms with Crippen LogP contribution in [-0.4, -0.2) is 24.3 Å². The van der Waals surface area contributed by atoms with Gasteiger partial charge in [0.05, 0.1) is 23.8 Å². The fraction of sp³-hybridized carbons (Fsp3) is 0.312. The van der Waals surface area contributed by atoms with E-state index in [0.717, 1.165) is 16.5 Å². The minimum atomic E-state index is -0.350. The Hall–Kier alpha value is -2.05. The number of benzene rings is 2. The lowest BCUT2D eigenvalue weighted by Gasteiger charge is -2.36. The molecule has 2 rings (SSSR count). The highest BCUT2D eigenvalue weighted by Gasteiger charge is 2.24. The average molecular weight is 254 g/mol. The van der Waals surface area contributed by atoms with Gasteiger partial charge in [0, 0.05) is 23.5 Å². The molecule has 2 aromatic carbocycles. The van der Waals surface area contributed by atoms with Crippen molar-refractivity contribution in [3.8, 4) is 6.07 Å². The third-order valence-electron chi connectivity index (χ3n) is 3.68. The molecule has 0 heterocycles. The Bertz CT molecular complexity index is 641. The monoisotopic (exact) mass is 254 g/mol. The van der Waals surface area contributed by atoms with Crippen LogP contribution in [0.3, 0.4) is 0 Å². The molecule has 0 aliphatic heterocycles. The van der Waals surface area contributed by atoms with Gasteiger partial charge in [-0.15, -0.1) is 0 Å². The summed E-state index contributed by atoms with van der Waals surface area (Å²) in [6.45, 7) is 4.04. The molecule has 0 saturated carbocycles. The standard InChI is InChI=1S/C16H18N2O/c1-16(2,11-19)18(3)15-9-8-12(10-17)13-6-4-5-7-14(13)15/h4-9,19H,11H2,1-3H3. The van der Waals surface area contributed by atoms with Crippen LogP contribution >= 0.6 is 0 Å². The van der Waals surface area contributed by atoms with E-state index in [0.29, 0.717) is 5.56 Å². The number of anilines is 1. The van der Waals surface area contributed by atoms with Crippen LogP contribution < -0.4 is 4.90 Å². The van der Waals surface area contributed by atoms with Crippen LogP contribution in [0.25, 0.3) is 10.8 Å². The molecule has 98 valence electrons. The van der Waals surface area contributed by atoms with Crippen molar-refractivity contribution in [2.75, 3.05) is 18.6 Å². The van der Waals surface area contributed by atoms with Crippen molar-refractivity contribution >= 4 is 16.5 Å². The number of hydrogen-bond acceptors (Lipinski definition) is 3. The molecule has 0 aromatic heterocycles. The highest BCUT2D eigenvalue weighted by molar-refractivity contribution is 5.98. The maximum absolute atomic E-state index is 9.50. The van der Waals surface area contributed by atoms with Crippen molar-refractivity contribution in [1.82, 2.24) is 0 Å². The number of nitriles is 1. The first-order valence-corrected chi connectivity index (χ1v) is 6.28. The normalized spacial score (nSPS) is 11.3. The highest BCUT2D eigenvalue weighted by Crippen LogP contribution is 2.32. The topological polar surface area (TPSA) is 47.3 Å². The lowest BCUT2D eigenvalue weighted by Crippen LogP contribution is -2.44. The summed E-state index contributed by atoms with van der Waals surface area (Å²) in [6.07, 6.45) is 0. The number of hydrogen-bond donors (Lipinski definition) is 1. The zero-order valence-electron chi connectivity index (χ0n) is 11.5. The molecule has 0 bridgehead atoms. The van der Waals surface area contributed by atoms with Gasteiger partial charge in [0.1, 0.15) is 0 Å². The Morgan fingerprint density at radius 2 is 1.79 bits per heavy atom. The van der Waals surface area contributed by atoms with Gasteiger partial charge >= 0.3 is 0 Å². The molecule has 0 radical (unpaired) electrons. The predicted molar refractivity (Wildman–Crippen MR) is 78.2 cm³/mol. The van der Waals surface area contributed by atoms with E-state index in [9.17, 15) is 5.11 Å². The quantitative estimate of drug-likeness (QED) is 0.916. The van der Waals surface area contributed by atoms with Gasteiger partial charge in [0.25, 0.3) is 0 Å². The lowest BCUT2D eigenvalue weighted by molar-refractivity contribution is 0.216. The molecule has 0 fully saturated rings. The average Bonchev–Trinajstić information content (AvgIpc) is 2.45. The number of aliphatic hydroxyl groups excluding tert-OH is 1. The van der Waals surface area contributed by atoms with Crippen molar-refractivity contribution in [3.05, 3.63) is 42.0 Å². The van der Waals surface area contributed by atoms with E-state index in [1.165, 1.54) is 0 Å². The third kappa shape index (κ3) is 2.27. The van der Waals surface area contributed by atoms with Crippen LogP contribution in [0.15, 0.2) is 36.4 Å². The molecule has 0 amide bonds. The maximum atomic E-state index is 9.50. The van der Waals surface area contributed by atoms with Crippen molar-refractivity contribution in [3.63, 3.8) is 0 Å². The Balaban J connectivity index is 2.67. The second-order valence-electron chi connectivity index (χ2n) is 5.32. The first-order valence-electron chi connectivity index (χ1n) is 6.28. The molecule has 3 heteroatoms. The van der Waals surface area contributed by atoms with E-state index < -0.39 is 0 Å². The van der Waals surface area contributed by atoms with E-state index in [1.807, 2.05) is 57.3 Å². The van der Waals surface area contributed by atoms with Gasteiger partial charge in [-0.25, -0.2) is 0 Å². The Kier molecular flexibility index (Phi) is 3.46.